The SMILES string of the molecule is O=C(COC(=O)c1ccccc1NC(=O)Cn1cnnn1)NC(=O)NCCc1cccs1. The van der Waals surface area contributed by atoms with Crippen LogP contribution in [-0.2, 0) is 27.3 Å². The third-order valence-electron chi connectivity index (χ3n) is 3.94. The lowest BCUT2D eigenvalue weighted by Crippen LogP contribution is -2.42. The summed E-state index contributed by atoms with van der Waals surface area (Å²) in [5.41, 5.74) is 0.244. The van der Waals surface area contributed by atoms with E-state index in [1.165, 1.54) is 23.1 Å². The average molecular weight is 457 g/mol. The van der Waals surface area contributed by atoms with Crippen LogP contribution in [0.15, 0.2) is 48.1 Å². The molecule has 0 fully saturated rings. The predicted octanol–water partition coefficient (Wildman–Crippen LogP) is 0.599. The van der Waals surface area contributed by atoms with Gasteiger partial charge < -0.3 is 15.4 Å². The molecular weight excluding hydrogens is 438 g/mol. The number of tetrazole rings is 1. The van der Waals surface area contributed by atoms with Gasteiger partial charge in [0.05, 0.1) is 11.3 Å². The van der Waals surface area contributed by atoms with Crippen molar-refractivity contribution in [3.63, 3.8) is 0 Å². The predicted molar refractivity (Wildman–Crippen MR) is 113 cm³/mol. The highest BCUT2D eigenvalue weighted by molar-refractivity contribution is 7.09. The van der Waals surface area contributed by atoms with E-state index in [9.17, 15) is 19.2 Å². The molecule has 0 unspecified atom stereocenters. The topological polar surface area (TPSA) is 157 Å². The van der Waals surface area contributed by atoms with E-state index >= 15 is 0 Å². The zero-order valence-electron chi connectivity index (χ0n) is 16.7. The number of nitrogens with one attached hydrogen (secondary N) is 3. The summed E-state index contributed by atoms with van der Waals surface area (Å²) in [6.45, 7) is -0.457. The van der Waals surface area contributed by atoms with Crippen LogP contribution in [0.4, 0.5) is 10.5 Å². The standard InChI is InChI=1S/C19H19N7O5S/c27-16(10-26-12-21-24-25-26)22-15-6-2-1-5-14(15)18(29)31-11-17(28)23-19(30)20-8-7-13-4-3-9-32-13/h1-6,9,12H,7-8,10-11H2,(H,22,27)(H2,20,23,28,30). The van der Waals surface area contributed by atoms with Gasteiger partial charge in [-0.25, -0.2) is 14.3 Å². The number of benzene rings is 1. The second-order valence-electron chi connectivity index (χ2n) is 6.31. The summed E-state index contributed by atoms with van der Waals surface area (Å²) < 4.78 is 6.18. The highest BCUT2D eigenvalue weighted by Gasteiger charge is 2.17. The summed E-state index contributed by atoms with van der Waals surface area (Å²) in [5.74, 6) is -2.08. The number of anilines is 1. The summed E-state index contributed by atoms with van der Waals surface area (Å²) in [4.78, 5) is 49.2. The second-order valence-corrected chi connectivity index (χ2v) is 7.34. The number of carbonyl (C=O) groups is 4. The van der Waals surface area contributed by atoms with Crippen molar-refractivity contribution in [2.24, 2.45) is 0 Å². The molecule has 0 saturated carbocycles. The van der Waals surface area contributed by atoms with E-state index in [4.69, 9.17) is 4.74 Å². The molecule has 0 spiro atoms. The van der Waals surface area contributed by atoms with Gasteiger partial charge in [0.15, 0.2) is 6.61 Å². The van der Waals surface area contributed by atoms with Crippen molar-refractivity contribution in [3.8, 4) is 0 Å². The first-order valence-corrected chi connectivity index (χ1v) is 10.3. The smallest absolute Gasteiger partial charge is 0.340 e. The molecule has 0 bridgehead atoms. The Morgan fingerprint density at radius 2 is 1.91 bits per heavy atom. The molecule has 0 radical (unpaired) electrons. The molecule has 4 amide bonds. The molecule has 0 atom stereocenters. The maximum absolute atomic E-state index is 12.4. The van der Waals surface area contributed by atoms with Crippen molar-refractivity contribution in [2.45, 2.75) is 13.0 Å². The van der Waals surface area contributed by atoms with Gasteiger partial charge in [-0.05, 0) is 40.4 Å². The summed E-state index contributed by atoms with van der Waals surface area (Å²) in [5, 5.41) is 19.6. The fourth-order valence-corrected chi connectivity index (χ4v) is 3.24. The third kappa shape index (κ3) is 6.98. The molecule has 2 heterocycles. The number of thiophene rings is 1. The van der Waals surface area contributed by atoms with Crippen LogP contribution in [0.2, 0.25) is 0 Å². The molecule has 12 nitrogen and oxygen atoms in total. The van der Waals surface area contributed by atoms with E-state index < -0.39 is 30.4 Å². The van der Waals surface area contributed by atoms with E-state index in [1.807, 2.05) is 17.5 Å². The Labute approximate surface area is 185 Å². The Morgan fingerprint density at radius 3 is 2.66 bits per heavy atom. The normalized spacial score (nSPS) is 10.2. The van der Waals surface area contributed by atoms with Crippen LogP contribution >= 0.6 is 11.3 Å². The first-order chi connectivity index (χ1) is 15.5. The summed E-state index contributed by atoms with van der Waals surface area (Å²) in [7, 11) is 0. The number of carbonyl (C=O) groups excluding carboxylic acids is 4. The number of ether oxygens (including phenoxy) is 1. The van der Waals surface area contributed by atoms with Crippen molar-refractivity contribution in [3.05, 3.63) is 58.5 Å². The number of imide groups is 1. The number of nitrogens with zero attached hydrogens (tertiary/aromatic N) is 4. The molecule has 166 valence electrons. The van der Waals surface area contributed by atoms with Crippen molar-refractivity contribution >= 4 is 40.8 Å². The molecule has 0 aliphatic rings. The molecule has 3 N–H and O–H groups in total. The van der Waals surface area contributed by atoms with Crippen LogP contribution in [0.1, 0.15) is 15.2 Å². The Bertz CT molecular complexity index is 1070. The number of esters is 1. The Hall–Kier alpha value is -4.13. The van der Waals surface area contributed by atoms with Crippen LogP contribution in [0.3, 0.4) is 0 Å². The number of amides is 4. The first kappa shape index (κ1) is 22.6. The average Bonchev–Trinajstić information content (AvgIpc) is 3.47. The zero-order valence-corrected chi connectivity index (χ0v) is 17.5. The van der Waals surface area contributed by atoms with Crippen LogP contribution in [-0.4, -0.2) is 57.2 Å². The van der Waals surface area contributed by atoms with E-state index in [1.54, 1.807) is 23.5 Å². The van der Waals surface area contributed by atoms with Gasteiger partial charge in [-0.3, -0.25) is 14.9 Å². The molecular formula is C19H19N7O5S. The molecule has 3 rings (SSSR count). The van der Waals surface area contributed by atoms with Crippen molar-refractivity contribution in [2.75, 3.05) is 18.5 Å². The van der Waals surface area contributed by atoms with Crippen LogP contribution in [0.25, 0.3) is 0 Å². The van der Waals surface area contributed by atoms with Crippen LogP contribution < -0.4 is 16.0 Å². The molecule has 32 heavy (non-hydrogen) atoms. The Kier molecular flexibility index (Phi) is 7.97. The number of aromatic nitrogens is 4. The molecule has 0 saturated heterocycles. The minimum absolute atomic E-state index is 0.0470. The molecule has 0 aliphatic heterocycles. The third-order valence-corrected chi connectivity index (χ3v) is 4.88. The monoisotopic (exact) mass is 457 g/mol. The van der Waals surface area contributed by atoms with Gasteiger partial charge in [-0.1, -0.05) is 18.2 Å². The lowest BCUT2D eigenvalue weighted by atomic mass is 10.2. The summed E-state index contributed by atoms with van der Waals surface area (Å²) >= 11 is 1.57. The second kappa shape index (κ2) is 11.3. The van der Waals surface area contributed by atoms with Crippen molar-refractivity contribution in [1.82, 2.24) is 30.8 Å². The van der Waals surface area contributed by atoms with E-state index in [0.29, 0.717) is 13.0 Å². The highest BCUT2D eigenvalue weighted by atomic mass is 32.1. The minimum atomic E-state index is -0.837. The quantitative estimate of drug-likeness (QED) is 0.394. The Balaban J connectivity index is 1.44. The van der Waals surface area contributed by atoms with Crippen molar-refractivity contribution < 1.29 is 23.9 Å². The zero-order chi connectivity index (χ0) is 22.8. The molecule has 1 aromatic carbocycles. The maximum atomic E-state index is 12.4. The fraction of sp³-hybridized carbons (Fsp3) is 0.211. The molecule has 3 aromatic rings. The van der Waals surface area contributed by atoms with Gasteiger partial charge in [-0.2, -0.15) is 0 Å². The number of hydrogen-bond donors (Lipinski definition) is 3. The number of para-hydroxylation sites is 1. The van der Waals surface area contributed by atoms with Gasteiger partial charge in [0, 0.05) is 11.4 Å². The minimum Gasteiger partial charge on any atom is -0.452 e. The van der Waals surface area contributed by atoms with Gasteiger partial charge in [-0.15, -0.1) is 16.4 Å². The van der Waals surface area contributed by atoms with E-state index in [2.05, 4.69) is 31.5 Å². The first-order valence-electron chi connectivity index (χ1n) is 9.38. The van der Waals surface area contributed by atoms with Crippen molar-refractivity contribution in [1.29, 1.82) is 0 Å². The van der Waals surface area contributed by atoms with Gasteiger partial charge in [0.25, 0.3) is 5.91 Å². The Morgan fingerprint density at radius 1 is 1.06 bits per heavy atom. The summed E-state index contributed by atoms with van der Waals surface area (Å²) in [6, 6.07) is 9.32. The van der Waals surface area contributed by atoms with E-state index in [0.717, 1.165) is 4.88 Å². The summed E-state index contributed by atoms with van der Waals surface area (Å²) in [6.07, 6.45) is 1.92. The number of hydrogen-bond acceptors (Lipinski definition) is 9. The largest absolute Gasteiger partial charge is 0.452 e. The van der Waals surface area contributed by atoms with Crippen LogP contribution in [0, 0.1) is 0 Å². The lowest BCUT2D eigenvalue weighted by Gasteiger charge is -2.11. The number of urea groups is 1. The fourth-order valence-electron chi connectivity index (χ4n) is 2.53. The molecule has 2 aromatic heterocycles. The highest BCUT2D eigenvalue weighted by Crippen LogP contribution is 2.16. The van der Waals surface area contributed by atoms with Gasteiger partial charge in [0.2, 0.25) is 5.91 Å². The number of rotatable bonds is 9. The van der Waals surface area contributed by atoms with Crippen LogP contribution in [0.5, 0.6) is 0 Å². The lowest BCUT2D eigenvalue weighted by molar-refractivity contribution is -0.123. The van der Waals surface area contributed by atoms with Gasteiger partial charge >= 0.3 is 12.0 Å². The molecule has 13 heteroatoms. The van der Waals surface area contributed by atoms with E-state index in [-0.39, 0.29) is 17.8 Å². The molecule has 0 aliphatic carbocycles. The van der Waals surface area contributed by atoms with Gasteiger partial charge in [0.1, 0.15) is 12.9 Å². The maximum Gasteiger partial charge on any atom is 0.340 e.